The first kappa shape index (κ1) is 14.6. The summed E-state index contributed by atoms with van der Waals surface area (Å²) in [5.41, 5.74) is 4.69. The average molecular weight is 295 g/mol. The number of aromatic nitrogens is 2. The second kappa shape index (κ2) is 6.18. The van der Waals surface area contributed by atoms with Gasteiger partial charge < -0.3 is 5.32 Å². The smallest absolute Gasteiger partial charge is 0.231 e. The summed E-state index contributed by atoms with van der Waals surface area (Å²) >= 11 is 0. The maximum atomic E-state index is 12.2. The topological polar surface area (TPSA) is 46.9 Å². The van der Waals surface area contributed by atoms with Gasteiger partial charge >= 0.3 is 0 Å². The fourth-order valence-corrected chi connectivity index (χ4v) is 2.81. The molecular formula is C18H21N3O. The van der Waals surface area contributed by atoms with Gasteiger partial charge in [-0.25, -0.2) is 0 Å². The van der Waals surface area contributed by atoms with Gasteiger partial charge in [-0.05, 0) is 37.0 Å². The molecule has 114 valence electrons. The molecule has 1 heterocycles. The molecule has 4 heteroatoms. The molecule has 3 rings (SSSR count). The van der Waals surface area contributed by atoms with Crippen LogP contribution >= 0.6 is 0 Å². The number of aryl methyl sites for hydroxylation is 2. The van der Waals surface area contributed by atoms with E-state index in [1.807, 2.05) is 49.1 Å². The molecule has 1 aromatic carbocycles. The van der Waals surface area contributed by atoms with Crippen LogP contribution in [-0.4, -0.2) is 22.2 Å². The number of nitrogens with one attached hydrogen (secondary N) is 1. The van der Waals surface area contributed by atoms with Crippen LogP contribution in [0.2, 0.25) is 0 Å². The summed E-state index contributed by atoms with van der Waals surface area (Å²) in [7, 11) is 0. The lowest BCUT2D eigenvalue weighted by molar-refractivity contribution is -0.121. The summed E-state index contributed by atoms with van der Waals surface area (Å²) < 4.78 is 1.91. The van der Waals surface area contributed by atoms with Crippen molar-refractivity contribution in [1.29, 1.82) is 0 Å². The molecule has 1 amide bonds. The van der Waals surface area contributed by atoms with Crippen LogP contribution in [0.15, 0.2) is 48.3 Å². The second-order valence-corrected chi connectivity index (χ2v) is 5.82. The first-order chi connectivity index (χ1) is 10.7. The molecule has 0 saturated carbocycles. The van der Waals surface area contributed by atoms with Gasteiger partial charge in [-0.2, -0.15) is 5.10 Å². The van der Waals surface area contributed by atoms with E-state index in [0.717, 1.165) is 24.1 Å². The molecule has 0 bridgehead atoms. The fourth-order valence-electron chi connectivity index (χ4n) is 2.81. The number of benzene rings is 1. The molecule has 0 aliphatic heterocycles. The van der Waals surface area contributed by atoms with Gasteiger partial charge in [0.25, 0.3) is 0 Å². The molecule has 1 aliphatic carbocycles. The van der Waals surface area contributed by atoms with E-state index in [0.29, 0.717) is 6.54 Å². The zero-order chi connectivity index (χ0) is 15.5. The Bertz CT molecular complexity index is 700. The first-order valence-corrected chi connectivity index (χ1v) is 7.69. The lowest BCUT2D eigenvalue weighted by Crippen LogP contribution is -2.28. The average Bonchev–Trinajstić information content (AvgIpc) is 3.02. The monoisotopic (exact) mass is 295 g/mol. The fraction of sp³-hybridized carbons (Fsp3) is 0.333. The number of nitrogens with zero attached hydrogens (tertiary/aromatic N) is 2. The lowest BCUT2D eigenvalue weighted by atomic mass is 10.1. The van der Waals surface area contributed by atoms with Crippen LogP contribution in [0.4, 0.5) is 0 Å². The van der Waals surface area contributed by atoms with Crippen molar-refractivity contribution in [2.45, 2.75) is 26.8 Å². The minimum absolute atomic E-state index is 0.0330. The van der Waals surface area contributed by atoms with Crippen molar-refractivity contribution in [3.63, 3.8) is 0 Å². The van der Waals surface area contributed by atoms with Crippen LogP contribution in [0.3, 0.4) is 0 Å². The largest absolute Gasteiger partial charge is 0.355 e. The molecule has 0 fully saturated rings. The molecule has 2 aromatic rings. The number of hydrogen-bond donors (Lipinski definition) is 1. The van der Waals surface area contributed by atoms with Gasteiger partial charge in [0.2, 0.25) is 5.91 Å². The van der Waals surface area contributed by atoms with Crippen molar-refractivity contribution >= 4 is 11.5 Å². The predicted octanol–water partition coefficient (Wildman–Crippen LogP) is 2.80. The Labute approximate surface area is 130 Å². The Morgan fingerprint density at radius 2 is 2.05 bits per heavy atom. The maximum Gasteiger partial charge on any atom is 0.231 e. The Balaban J connectivity index is 1.44. The van der Waals surface area contributed by atoms with Gasteiger partial charge in [0.05, 0.1) is 12.1 Å². The summed E-state index contributed by atoms with van der Waals surface area (Å²) in [6.07, 6.45) is 4.75. The molecule has 4 nitrogen and oxygen atoms in total. The lowest BCUT2D eigenvalue weighted by Gasteiger charge is -2.06. The van der Waals surface area contributed by atoms with Crippen LogP contribution in [-0.2, 0) is 11.3 Å². The number of carbonyl (C=O) groups excluding carboxylic acids is 1. The second-order valence-electron chi connectivity index (χ2n) is 5.82. The molecular weight excluding hydrogens is 274 g/mol. The SMILES string of the molecule is CC1=C(c2ccccc2)C1C(=O)NCCCn1cc(C)cn1. The van der Waals surface area contributed by atoms with Crippen molar-refractivity contribution in [1.82, 2.24) is 15.1 Å². The maximum absolute atomic E-state index is 12.2. The van der Waals surface area contributed by atoms with Gasteiger partial charge in [0.1, 0.15) is 0 Å². The Hall–Kier alpha value is -2.36. The third-order valence-electron chi connectivity index (χ3n) is 4.04. The van der Waals surface area contributed by atoms with Gasteiger partial charge in [0.15, 0.2) is 0 Å². The highest BCUT2D eigenvalue weighted by molar-refractivity contribution is 6.05. The van der Waals surface area contributed by atoms with E-state index in [1.54, 1.807) is 0 Å². The Kier molecular flexibility index (Phi) is 4.09. The van der Waals surface area contributed by atoms with Gasteiger partial charge in [-0.15, -0.1) is 0 Å². The molecule has 0 saturated heterocycles. The van der Waals surface area contributed by atoms with Gasteiger partial charge in [-0.1, -0.05) is 35.9 Å². The van der Waals surface area contributed by atoms with Crippen molar-refractivity contribution in [3.8, 4) is 0 Å². The van der Waals surface area contributed by atoms with Crippen molar-refractivity contribution in [3.05, 3.63) is 59.4 Å². The molecule has 1 aromatic heterocycles. The normalized spacial score (nSPS) is 16.7. The summed E-state index contributed by atoms with van der Waals surface area (Å²) in [5, 5.41) is 7.27. The molecule has 0 radical (unpaired) electrons. The molecule has 0 spiro atoms. The van der Waals surface area contributed by atoms with Crippen molar-refractivity contribution < 1.29 is 4.79 Å². The minimum atomic E-state index is -0.0330. The standard InChI is InChI=1S/C18H21N3O/c1-13-11-20-21(12-13)10-6-9-19-18(22)17-14(2)16(17)15-7-4-3-5-8-15/h3-5,7-8,11-12,17H,6,9-10H2,1-2H3,(H,19,22). The number of carbonyl (C=O) groups is 1. The molecule has 1 N–H and O–H groups in total. The highest BCUT2D eigenvalue weighted by Gasteiger charge is 2.39. The predicted molar refractivity (Wildman–Crippen MR) is 87.1 cm³/mol. The van der Waals surface area contributed by atoms with Crippen molar-refractivity contribution in [2.24, 2.45) is 5.92 Å². The molecule has 1 atom stereocenters. The Morgan fingerprint density at radius 3 is 2.73 bits per heavy atom. The van der Waals surface area contributed by atoms with Crippen LogP contribution in [0.1, 0.15) is 24.5 Å². The van der Waals surface area contributed by atoms with Crippen LogP contribution in [0.25, 0.3) is 5.57 Å². The third kappa shape index (κ3) is 3.11. The third-order valence-corrected chi connectivity index (χ3v) is 4.04. The van der Waals surface area contributed by atoms with E-state index in [9.17, 15) is 4.79 Å². The van der Waals surface area contributed by atoms with Gasteiger partial charge in [0, 0.05) is 19.3 Å². The summed E-state index contributed by atoms with van der Waals surface area (Å²) in [6, 6.07) is 10.1. The minimum Gasteiger partial charge on any atom is -0.355 e. The van der Waals surface area contributed by atoms with Crippen LogP contribution in [0.5, 0.6) is 0 Å². The van der Waals surface area contributed by atoms with Crippen LogP contribution in [0, 0.1) is 12.8 Å². The summed E-state index contributed by atoms with van der Waals surface area (Å²) in [6.45, 7) is 5.58. The zero-order valence-corrected chi connectivity index (χ0v) is 13.0. The number of amides is 1. The van der Waals surface area contributed by atoms with Crippen LogP contribution < -0.4 is 5.32 Å². The number of hydrogen-bond acceptors (Lipinski definition) is 2. The van der Waals surface area contributed by atoms with E-state index < -0.39 is 0 Å². The zero-order valence-electron chi connectivity index (χ0n) is 13.0. The van der Waals surface area contributed by atoms with Gasteiger partial charge in [-0.3, -0.25) is 9.48 Å². The van der Waals surface area contributed by atoms with E-state index in [2.05, 4.69) is 22.5 Å². The Morgan fingerprint density at radius 1 is 1.27 bits per heavy atom. The number of rotatable bonds is 6. The summed E-state index contributed by atoms with van der Waals surface area (Å²) in [4.78, 5) is 12.2. The molecule has 1 unspecified atom stereocenters. The quantitative estimate of drug-likeness (QED) is 0.833. The van der Waals surface area contributed by atoms with Crippen molar-refractivity contribution in [2.75, 3.05) is 6.54 Å². The summed E-state index contributed by atoms with van der Waals surface area (Å²) in [5.74, 6) is 0.0855. The van der Waals surface area contributed by atoms with E-state index in [4.69, 9.17) is 0 Å². The molecule has 1 aliphatic rings. The highest BCUT2D eigenvalue weighted by Crippen LogP contribution is 2.46. The highest BCUT2D eigenvalue weighted by atomic mass is 16.2. The molecule has 22 heavy (non-hydrogen) atoms. The van der Waals surface area contributed by atoms with E-state index in [1.165, 1.54) is 11.1 Å². The first-order valence-electron chi connectivity index (χ1n) is 7.69. The van der Waals surface area contributed by atoms with E-state index in [-0.39, 0.29) is 11.8 Å². The van der Waals surface area contributed by atoms with E-state index >= 15 is 0 Å².